The van der Waals surface area contributed by atoms with Gasteiger partial charge in [0.15, 0.2) is 0 Å². The molecule has 17 heavy (non-hydrogen) atoms. The highest BCUT2D eigenvalue weighted by atomic mass is 16.2. The number of hydrogen-bond donors (Lipinski definition) is 1. The second kappa shape index (κ2) is 5.17. The summed E-state index contributed by atoms with van der Waals surface area (Å²) >= 11 is 0. The molecular formula is C13H18N2O2. The standard InChI is InChI=1S/C13H18N2O2/c1-2-10-5-7-15(8-6-10)13(17)11-3-4-12(16)14-9-11/h3-4,9-10H,2,5-8H2,1H3,(H,14,16). The second-order valence-corrected chi connectivity index (χ2v) is 4.59. The van der Waals surface area contributed by atoms with Crippen LogP contribution in [0.1, 0.15) is 36.5 Å². The van der Waals surface area contributed by atoms with Crippen molar-refractivity contribution in [2.75, 3.05) is 13.1 Å². The Morgan fingerprint density at radius 3 is 2.65 bits per heavy atom. The zero-order valence-electron chi connectivity index (χ0n) is 10.1. The molecule has 1 amide bonds. The molecule has 2 rings (SSSR count). The number of nitrogens with zero attached hydrogens (tertiary/aromatic N) is 1. The van der Waals surface area contributed by atoms with Crippen LogP contribution >= 0.6 is 0 Å². The highest BCUT2D eigenvalue weighted by Gasteiger charge is 2.22. The van der Waals surface area contributed by atoms with Crippen molar-refractivity contribution in [3.8, 4) is 0 Å². The topological polar surface area (TPSA) is 53.2 Å². The minimum atomic E-state index is -0.175. The number of aromatic amines is 1. The van der Waals surface area contributed by atoms with Crippen molar-refractivity contribution in [2.45, 2.75) is 26.2 Å². The summed E-state index contributed by atoms with van der Waals surface area (Å²) in [5.74, 6) is 0.783. The lowest BCUT2D eigenvalue weighted by atomic mass is 9.94. The first-order valence-electron chi connectivity index (χ1n) is 6.18. The molecule has 0 bridgehead atoms. The summed E-state index contributed by atoms with van der Waals surface area (Å²) < 4.78 is 0. The highest BCUT2D eigenvalue weighted by molar-refractivity contribution is 5.93. The summed E-state index contributed by atoms with van der Waals surface area (Å²) in [4.78, 5) is 27.4. The van der Waals surface area contributed by atoms with Crippen LogP contribution in [0, 0.1) is 5.92 Å². The van der Waals surface area contributed by atoms with E-state index in [-0.39, 0.29) is 11.5 Å². The molecule has 0 unspecified atom stereocenters. The van der Waals surface area contributed by atoms with E-state index in [2.05, 4.69) is 11.9 Å². The first-order valence-corrected chi connectivity index (χ1v) is 6.18. The number of H-pyrrole nitrogens is 1. The maximum absolute atomic E-state index is 12.1. The van der Waals surface area contributed by atoms with E-state index in [4.69, 9.17) is 0 Å². The fourth-order valence-corrected chi connectivity index (χ4v) is 2.27. The predicted octanol–water partition coefficient (Wildman–Crippen LogP) is 1.64. The van der Waals surface area contributed by atoms with E-state index in [1.54, 1.807) is 6.07 Å². The van der Waals surface area contributed by atoms with Gasteiger partial charge in [-0.1, -0.05) is 13.3 Å². The predicted molar refractivity (Wildman–Crippen MR) is 66.0 cm³/mol. The van der Waals surface area contributed by atoms with E-state index < -0.39 is 0 Å². The molecule has 1 aliphatic rings. The van der Waals surface area contributed by atoms with Gasteiger partial charge in [-0.3, -0.25) is 9.59 Å². The molecular weight excluding hydrogens is 216 g/mol. The average Bonchev–Trinajstić information content (AvgIpc) is 2.39. The highest BCUT2D eigenvalue weighted by Crippen LogP contribution is 2.20. The van der Waals surface area contributed by atoms with E-state index in [0.717, 1.165) is 31.8 Å². The molecule has 0 saturated carbocycles. The Morgan fingerprint density at radius 2 is 2.12 bits per heavy atom. The van der Waals surface area contributed by atoms with Crippen LogP contribution in [-0.4, -0.2) is 28.9 Å². The monoisotopic (exact) mass is 234 g/mol. The number of carbonyl (C=O) groups excluding carboxylic acids is 1. The van der Waals surface area contributed by atoms with E-state index in [9.17, 15) is 9.59 Å². The van der Waals surface area contributed by atoms with Gasteiger partial charge in [0.1, 0.15) is 0 Å². The molecule has 0 aliphatic carbocycles. The molecule has 0 radical (unpaired) electrons. The first kappa shape index (κ1) is 11.9. The Balaban J connectivity index is 2.01. The third kappa shape index (κ3) is 2.75. The number of pyridine rings is 1. The van der Waals surface area contributed by atoms with Gasteiger partial charge in [-0.25, -0.2) is 0 Å². The van der Waals surface area contributed by atoms with Crippen LogP contribution in [0.3, 0.4) is 0 Å². The number of likely N-dealkylation sites (tertiary alicyclic amines) is 1. The lowest BCUT2D eigenvalue weighted by molar-refractivity contribution is 0.0688. The lowest BCUT2D eigenvalue weighted by Gasteiger charge is -2.31. The van der Waals surface area contributed by atoms with Crippen LogP contribution in [-0.2, 0) is 0 Å². The van der Waals surface area contributed by atoms with Gasteiger partial charge < -0.3 is 9.88 Å². The van der Waals surface area contributed by atoms with Crippen molar-refractivity contribution >= 4 is 5.91 Å². The molecule has 0 spiro atoms. The summed E-state index contributed by atoms with van der Waals surface area (Å²) in [5.41, 5.74) is 0.394. The maximum atomic E-state index is 12.1. The molecule has 1 fully saturated rings. The SMILES string of the molecule is CCC1CCN(C(=O)c2ccc(=O)[nH]c2)CC1. The molecule has 2 heterocycles. The van der Waals surface area contributed by atoms with E-state index in [0.29, 0.717) is 5.56 Å². The Kier molecular flexibility index (Phi) is 3.61. The summed E-state index contributed by atoms with van der Waals surface area (Å²) in [6, 6.07) is 2.99. The van der Waals surface area contributed by atoms with E-state index in [1.807, 2.05) is 4.90 Å². The van der Waals surface area contributed by atoms with Crippen LogP contribution in [0.2, 0.25) is 0 Å². The molecule has 0 atom stereocenters. The van der Waals surface area contributed by atoms with Crippen molar-refractivity contribution in [1.82, 2.24) is 9.88 Å². The first-order chi connectivity index (χ1) is 8.20. The molecule has 1 aromatic heterocycles. The Bertz CT molecular complexity index is 424. The minimum Gasteiger partial charge on any atom is -0.339 e. The number of nitrogens with one attached hydrogen (secondary N) is 1. The fraction of sp³-hybridized carbons (Fsp3) is 0.538. The van der Waals surface area contributed by atoms with Crippen LogP contribution in [0.15, 0.2) is 23.1 Å². The molecule has 1 saturated heterocycles. The summed E-state index contributed by atoms with van der Waals surface area (Å²) in [5, 5.41) is 0. The Morgan fingerprint density at radius 1 is 1.41 bits per heavy atom. The number of amides is 1. The number of piperidine rings is 1. The molecule has 4 heteroatoms. The molecule has 92 valence electrons. The van der Waals surface area contributed by atoms with Crippen LogP contribution in [0.5, 0.6) is 0 Å². The number of hydrogen-bond acceptors (Lipinski definition) is 2. The minimum absolute atomic E-state index is 0.0239. The van der Waals surface area contributed by atoms with Gasteiger partial charge in [0.05, 0.1) is 5.56 Å². The summed E-state index contributed by atoms with van der Waals surface area (Å²) in [6.45, 7) is 3.86. The number of rotatable bonds is 2. The molecule has 1 aromatic rings. The quantitative estimate of drug-likeness (QED) is 0.845. The molecule has 1 N–H and O–H groups in total. The molecule has 0 aromatic carbocycles. The summed E-state index contributed by atoms with van der Waals surface area (Å²) in [7, 11) is 0. The van der Waals surface area contributed by atoms with Gasteiger partial charge in [0.25, 0.3) is 5.91 Å². The van der Waals surface area contributed by atoms with Gasteiger partial charge in [-0.05, 0) is 24.8 Å². The summed E-state index contributed by atoms with van der Waals surface area (Å²) in [6.07, 6.45) is 4.87. The average molecular weight is 234 g/mol. The van der Waals surface area contributed by atoms with Crippen LogP contribution in [0.25, 0.3) is 0 Å². The van der Waals surface area contributed by atoms with Crippen LogP contribution in [0.4, 0.5) is 0 Å². The fourth-order valence-electron chi connectivity index (χ4n) is 2.27. The smallest absolute Gasteiger partial charge is 0.255 e. The van der Waals surface area contributed by atoms with Gasteiger partial charge >= 0.3 is 0 Å². The third-order valence-electron chi connectivity index (χ3n) is 3.51. The van der Waals surface area contributed by atoms with Crippen molar-refractivity contribution < 1.29 is 4.79 Å². The van der Waals surface area contributed by atoms with Crippen molar-refractivity contribution in [3.63, 3.8) is 0 Å². The third-order valence-corrected chi connectivity index (χ3v) is 3.51. The Labute approximate surface area is 101 Å². The van der Waals surface area contributed by atoms with Crippen molar-refractivity contribution in [1.29, 1.82) is 0 Å². The normalized spacial score (nSPS) is 17.1. The molecule has 1 aliphatic heterocycles. The van der Waals surface area contributed by atoms with Gasteiger partial charge in [0.2, 0.25) is 5.56 Å². The zero-order valence-corrected chi connectivity index (χ0v) is 10.1. The zero-order chi connectivity index (χ0) is 12.3. The second-order valence-electron chi connectivity index (χ2n) is 4.59. The Hall–Kier alpha value is -1.58. The van der Waals surface area contributed by atoms with Crippen molar-refractivity contribution in [2.24, 2.45) is 5.92 Å². The van der Waals surface area contributed by atoms with Gasteiger partial charge in [-0.2, -0.15) is 0 Å². The lowest BCUT2D eigenvalue weighted by Crippen LogP contribution is -2.38. The van der Waals surface area contributed by atoms with Crippen LogP contribution < -0.4 is 5.56 Å². The number of carbonyl (C=O) groups is 1. The molecule has 4 nitrogen and oxygen atoms in total. The largest absolute Gasteiger partial charge is 0.339 e. The van der Waals surface area contributed by atoms with E-state index >= 15 is 0 Å². The van der Waals surface area contributed by atoms with E-state index in [1.165, 1.54) is 18.7 Å². The van der Waals surface area contributed by atoms with Gasteiger partial charge in [-0.15, -0.1) is 0 Å². The number of aromatic nitrogens is 1. The maximum Gasteiger partial charge on any atom is 0.255 e. The van der Waals surface area contributed by atoms with Gasteiger partial charge in [0, 0.05) is 25.4 Å². The van der Waals surface area contributed by atoms with Crippen molar-refractivity contribution in [3.05, 3.63) is 34.2 Å².